The van der Waals surface area contributed by atoms with E-state index in [0.29, 0.717) is 19.3 Å². The van der Waals surface area contributed by atoms with Gasteiger partial charge in [-0.25, -0.2) is 0 Å². The third-order valence-corrected chi connectivity index (χ3v) is 9.63. The number of unbranched alkanes of at least 4 members (excludes halogenated alkanes) is 17. The highest BCUT2D eigenvalue weighted by Gasteiger charge is 2.24. The van der Waals surface area contributed by atoms with Crippen LogP contribution in [0.1, 0.15) is 188 Å². The van der Waals surface area contributed by atoms with E-state index in [1.54, 1.807) is 0 Å². The maximum atomic E-state index is 13.1. The van der Waals surface area contributed by atoms with Crippen LogP contribution in [0.25, 0.3) is 0 Å². The van der Waals surface area contributed by atoms with E-state index in [4.69, 9.17) is 4.74 Å². The predicted molar refractivity (Wildman–Crippen MR) is 236 cm³/mol. The van der Waals surface area contributed by atoms with Crippen molar-refractivity contribution in [2.24, 2.45) is 0 Å². The fourth-order valence-electron chi connectivity index (χ4n) is 6.26. The van der Waals surface area contributed by atoms with Crippen LogP contribution in [-0.4, -0.2) is 46.9 Å². The zero-order chi connectivity index (χ0) is 40.3. The molecule has 0 rings (SSSR count). The van der Waals surface area contributed by atoms with E-state index >= 15 is 0 Å². The minimum atomic E-state index is -0.804. The molecule has 55 heavy (non-hydrogen) atoms. The summed E-state index contributed by atoms with van der Waals surface area (Å²) in [5.41, 5.74) is 0. The minimum Gasteiger partial charge on any atom is -0.462 e. The molecule has 1 amide bonds. The molecular weight excluding hydrogens is 683 g/mol. The molecule has 3 unspecified atom stereocenters. The third kappa shape index (κ3) is 37.7. The van der Waals surface area contributed by atoms with Crippen molar-refractivity contribution in [3.63, 3.8) is 0 Å². The number of ether oxygens (including phenoxy) is 1. The van der Waals surface area contributed by atoms with E-state index in [2.05, 4.69) is 80.8 Å². The molecule has 0 fully saturated rings. The molecule has 314 valence electrons. The molecule has 0 aliphatic carbocycles. The summed E-state index contributed by atoms with van der Waals surface area (Å²) < 4.78 is 5.87. The van der Waals surface area contributed by atoms with E-state index in [1.165, 1.54) is 44.9 Å². The Morgan fingerprint density at radius 2 is 0.982 bits per heavy atom. The van der Waals surface area contributed by atoms with Gasteiger partial charge < -0.3 is 20.3 Å². The topological polar surface area (TPSA) is 95.9 Å². The molecule has 0 saturated heterocycles. The summed E-state index contributed by atoms with van der Waals surface area (Å²) in [7, 11) is 0. The van der Waals surface area contributed by atoms with Crippen LogP contribution < -0.4 is 5.32 Å². The van der Waals surface area contributed by atoms with Crippen LogP contribution in [0.5, 0.6) is 0 Å². The maximum absolute atomic E-state index is 13.1. The lowest BCUT2D eigenvalue weighted by Gasteiger charge is -2.24. The van der Waals surface area contributed by atoms with Crippen molar-refractivity contribution in [3.8, 4) is 0 Å². The molecule has 0 aliphatic heterocycles. The van der Waals surface area contributed by atoms with Gasteiger partial charge in [0.2, 0.25) is 5.91 Å². The molecule has 0 bridgehead atoms. The first-order chi connectivity index (χ1) is 27.0. The monoisotopic (exact) mass is 766 g/mol. The lowest BCUT2D eigenvalue weighted by atomic mass is 10.0. The summed E-state index contributed by atoms with van der Waals surface area (Å²) >= 11 is 0. The second-order valence-corrected chi connectivity index (χ2v) is 14.8. The second-order valence-electron chi connectivity index (χ2n) is 14.8. The molecule has 6 heteroatoms. The Morgan fingerprint density at radius 1 is 0.545 bits per heavy atom. The third-order valence-electron chi connectivity index (χ3n) is 9.63. The highest BCUT2D eigenvalue weighted by molar-refractivity contribution is 5.77. The van der Waals surface area contributed by atoms with Crippen LogP contribution in [0, 0.1) is 0 Å². The standard InChI is InChI=1S/C49H83NO5/c1-4-7-10-13-16-19-22-24-26-28-31-34-37-40-45(55-49(54)42-39-36-33-30-27-25-23-20-17-14-11-8-5-2)43-48(53)50-46(44-51)47(52)41-38-35-32-29-21-18-15-12-9-6-3/h7-8,10-11,13-14,16-17,19-20,22-24,26,45-47,51-52H,4-6,9,12,15,18,21,25,27-44H2,1-3H3,(H,50,53)/b10-7+,11-8+,16-13+,17-14+,22-19+,23-20-,26-24-. The summed E-state index contributed by atoms with van der Waals surface area (Å²) in [6.07, 6.45) is 53.5. The van der Waals surface area contributed by atoms with Crippen LogP contribution in [0.2, 0.25) is 0 Å². The number of rotatable bonds is 38. The first-order valence-electron chi connectivity index (χ1n) is 22.4. The lowest BCUT2D eigenvalue weighted by Crippen LogP contribution is -2.46. The fraction of sp³-hybridized carbons (Fsp3) is 0.673. The van der Waals surface area contributed by atoms with Crippen molar-refractivity contribution in [3.05, 3.63) is 85.1 Å². The molecule has 0 heterocycles. The molecule has 0 saturated carbocycles. The molecule has 0 aromatic heterocycles. The number of carbonyl (C=O) groups is 2. The van der Waals surface area contributed by atoms with Crippen molar-refractivity contribution < 1.29 is 24.5 Å². The lowest BCUT2D eigenvalue weighted by molar-refractivity contribution is -0.151. The van der Waals surface area contributed by atoms with Gasteiger partial charge in [-0.3, -0.25) is 9.59 Å². The highest BCUT2D eigenvalue weighted by atomic mass is 16.5. The number of aliphatic hydroxyl groups is 2. The number of esters is 1. The average Bonchev–Trinajstić information content (AvgIpc) is 3.18. The van der Waals surface area contributed by atoms with E-state index in [-0.39, 0.29) is 24.9 Å². The number of carbonyl (C=O) groups excluding carboxylic acids is 2. The van der Waals surface area contributed by atoms with Crippen LogP contribution in [0.15, 0.2) is 85.1 Å². The zero-order valence-electron chi connectivity index (χ0n) is 35.5. The van der Waals surface area contributed by atoms with Crippen molar-refractivity contribution in [2.75, 3.05) is 6.61 Å². The Balaban J connectivity index is 4.74. The summed E-state index contributed by atoms with van der Waals surface area (Å²) in [5.74, 6) is -0.548. The van der Waals surface area contributed by atoms with Gasteiger partial charge in [0.05, 0.1) is 25.2 Å². The van der Waals surface area contributed by atoms with Gasteiger partial charge in [-0.1, -0.05) is 196 Å². The van der Waals surface area contributed by atoms with Gasteiger partial charge in [0, 0.05) is 6.42 Å². The van der Waals surface area contributed by atoms with Gasteiger partial charge in [0.1, 0.15) is 6.10 Å². The van der Waals surface area contributed by atoms with Crippen LogP contribution in [-0.2, 0) is 14.3 Å². The van der Waals surface area contributed by atoms with Gasteiger partial charge in [0.15, 0.2) is 0 Å². The van der Waals surface area contributed by atoms with Gasteiger partial charge in [-0.2, -0.15) is 0 Å². The summed E-state index contributed by atoms with van der Waals surface area (Å²) in [6, 6.07) is -0.721. The van der Waals surface area contributed by atoms with Crippen LogP contribution in [0.3, 0.4) is 0 Å². The Hall–Kier alpha value is -2.96. The zero-order valence-corrected chi connectivity index (χ0v) is 35.5. The van der Waals surface area contributed by atoms with Crippen molar-refractivity contribution >= 4 is 11.9 Å². The summed E-state index contributed by atoms with van der Waals surface area (Å²) in [5, 5.41) is 23.6. The number of nitrogens with one attached hydrogen (secondary N) is 1. The Bertz CT molecular complexity index is 1080. The van der Waals surface area contributed by atoms with Gasteiger partial charge in [-0.05, 0) is 64.2 Å². The quantitative estimate of drug-likeness (QED) is 0.0330. The first kappa shape index (κ1) is 52.0. The van der Waals surface area contributed by atoms with E-state index in [9.17, 15) is 19.8 Å². The molecule has 3 atom stereocenters. The Morgan fingerprint density at radius 3 is 1.51 bits per heavy atom. The Kier molecular flexibility index (Phi) is 39.9. The summed E-state index contributed by atoms with van der Waals surface area (Å²) in [4.78, 5) is 26.0. The number of amides is 1. The van der Waals surface area contributed by atoms with Crippen LogP contribution >= 0.6 is 0 Å². The molecule has 6 nitrogen and oxygen atoms in total. The van der Waals surface area contributed by atoms with E-state index in [0.717, 1.165) is 96.3 Å². The van der Waals surface area contributed by atoms with Crippen molar-refractivity contribution in [1.29, 1.82) is 0 Å². The van der Waals surface area contributed by atoms with Gasteiger partial charge in [0.25, 0.3) is 0 Å². The SMILES string of the molecule is CC/C=C/C=C/C=C\CCCCCCCC(=O)OC(CCCCC\C=C/C=C/C=C/C=C/CC)CC(=O)NC(CO)C(O)CCCCCCCCCCCC. The number of hydrogen-bond acceptors (Lipinski definition) is 5. The predicted octanol–water partition coefficient (Wildman–Crippen LogP) is 12.8. The number of allylic oxidation sites excluding steroid dienone is 14. The normalized spacial score (nSPS) is 14.2. The number of aliphatic hydroxyl groups excluding tert-OH is 2. The van der Waals surface area contributed by atoms with Crippen molar-refractivity contribution in [2.45, 2.75) is 206 Å². The largest absolute Gasteiger partial charge is 0.462 e. The van der Waals surface area contributed by atoms with E-state index < -0.39 is 18.2 Å². The average molecular weight is 766 g/mol. The smallest absolute Gasteiger partial charge is 0.306 e. The summed E-state index contributed by atoms with van der Waals surface area (Å²) in [6.45, 7) is 6.16. The molecule has 0 spiro atoms. The van der Waals surface area contributed by atoms with Gasteiger partial charge in [-0.15, -0.1) is 0 Å². The second kappa shape index (κ2) is 42.2. The molecule has 0 radical (unpaired) electrons. The fourth-order valence-corrected chi connectivity index (χ4v) is 6.26. The Labute approximate surface area is 338 Å². The molecule has 0 aromatic rings. The number of hydrogen-bond donors (Lipinski definition) is 3. The van der Waals surface area contributed by atoms with Crippen LogP contribution in [0.4, 0.5) is 0 Å². The molecule has 3 N–H and O–H groups in total. The van der Waals surface area contributed by atoms with E-state index in [1.807, 2.05) is 30.4 Å². The molecule has 0 aromatic carbocycles. The van der Waals surface area contributed by atoms with Crippen molar-refractivity contribution in [1.82, 2.24) is 5.32 Å². The minimum absolute atomic E-state index is 0.0382. The first-order valence-corrected chi connectivity index (χ1v) is 22.4. The highest BCUT2D eigenvalue weighted by Crippen LogP contribution is 2.17. The maximum Gasteiger partial charge on any atom is 0.306 e. The van der Waals surface area contributed by atoms with Gasteiger partial charge >= 0.3 is 5.97 Å². The molecular formula is C49H83NO5. The molecule has 0 aliphatic rings.